The SMILES string of the molecule is O=Cc1cc(CO)c(O)c(CO)c1. The molecule has 0 saturated carbocycles. The fraction of sp³-hybridized carbons (Fsp3) is 0.222. The van der Waals surface area contributed by atoms with E-state index in [0.717, 1.165) is 0 Å². The van der Waals surface area contributed by atoms with Crippen LogP contribution in [0.25, 0.3) is 0 Å². The molecule has 1 aromatic carbocycles. The molecule has 70 valence electrons. The van der Waals surface area contributed by atoms with Gasteiger partial charge in [0.25, 0.3) is 0 Å². The smallest absolute Gasteiger partial charge is 0.150 e. The van der Waals surface area contributed by atoms with E-state index in [1.807, 2.05) is 0 Å². The predicted octanol–water partition coefficient (Wildman–Crippen LogP) is 0.189. The Labute approximate surface area is 75.1 Å². The van der Waals surface area contributed by atoms with Crippen molar-refractivity contribution in [2.75, 3.05) is 0 Å². The number of aromatic hydroxyl groups is 1. The number of aldehydes is 1. The highest BCUT2D eigenvalue weighted by Crippen LogP contribution is 2.24. The molecule has 0 unspecified atom stereocenters. The van der Waals surface area contributed by atoms with E-state index in [-0.39, 0.29) is 30.1 Å². The molecule has 0 spiro atoms. The zero-order valence-electron chi connectivity index (χ0n) is 6.90. The molecule has 0 aromatic heterocycles. The summed E-state index contributed by atoms with van der Waals surface area (Å²) >= 11 is 0. The summed E-state index contributed by atoms with van der Waals surface area (Å²) in [5, 5.41) is 27.0. The van der Waals surface area contributed by atoms with Crippen molar-refractivity contribution in [1.82, 2.24) is 0 Å². The highest BCUT2D eigenvalue weighted by molar-refractivity contribution is 5.76. The van der Waals surface area contributed by atoms with Crippen molar-refractivity contribution in [2.45, 2.75) is 13.2 Å². The molecule has 0 fully saturated rings. The Hall–Kier alpha value is -1.39. The number of phenols is 1. The van der Waals surface area contributed by atoms with Crippen molar-refractivity contribution in [2.24, 2.45) is 0 Å². The van der Waals surface area contributed by atoms with Gasteiger partial charge in [0.1, 0.15) is 12.0 Å². The molecule has 0 heterocycles. The molecule has 1 aromatic rings. The van der Waals surface area contributed by atoms with Crippen molar-refractivity contribution in [3.05, 3.63) is 28.8 Å². The van der Waals surface area contributed by atoms with E-state index in [1.54, 1.807) is 0 Å². The van der Waals surface area contributed by atoms with Gasteiger partial charge in [-0.2, -0.15) is 0 Å². The molecule has 1 rings (SSSR count). The van der Waals surface area contributed by atoms with Crippen LogP contribution in [0.1, 0.15) is 21.5 Å². The monoisotopic (exact) mass is 182 g/mol. The maximum Gasteiger partial charge on any atom is 0.150 e. The molecule has 0 aliphatic carbocycles. The molecule has 0 aliphatic heterocycles. The second-order valence-electron chi connectivity index (χ2n) is 2.62. The summed E-state index contributed by atoms with van der Waals surface area (Å²) in [4.78, 5) is 10.4. The summed E-state index contributed by atoms with van der Waals surface area (Å²) in [5.41, 5.74) is 0.813. The summed E-state index contributed by atoms with van der Waals surface area (Å²) < 4.78 is 0. The van der Waals surface area contributed by atoms with E-state index in [9.17, 15) is 9.90 Å². The number of aliphatic hydroxyl groups excluding tert-OH is 2. The van der Waals surface area contributed by atoms with Crippen LogP contribution in [0.2, 0.25) is 0 Å². The number of rotatable bonds is 3. The van der Waals surface area contributed by atoms with Gasteiger partial charge < -0.3 is 15.3 Å². The molecule has 13 heavy (non-hydrogen) atoms. The van der Waals surface area contributed by atoms with Gasteiger partial charge in [0, 0.05) is 16.7 Å². The maximum atomic E-state index is 10.4. The third-order valence-electron chi connectivity index (χ3n) is 1.77. The molecule has 0 bridgehead atoms. The summed E-state index contributed by atoms with van der Waals surface area (Å²) in [5.74, 6) is -0.157. The Morgan fingerprint density at radius 3 is 1.92 bits per heavy atom. The minimum absolute atomic E-state index is 0.157. The van der Waals surface area contributed by atoms with Gasteiger partial charge in [-0.05, 0) is 12.1 Å². The van der Waals surface area contributed by atoms with Crippen LogP contribution in [-0.4, -0.2) is 21.6 Å². The van der Waals surface area contributed by atoms with Crippen molar-refractivity contribution in [3.63, 3.8) is 0 Å². The number of carbonyl (C=O) groups excluding carboxylic acids is 1. The Morgan fingerprint density at radius 2 is 1.62 bits per heavy atom. The van der Waals surface area contributed by atoms with Crippen LogP contribution in [0.3, 0.4) is 0 Å². The summed E-state index contributed by atoms with van der Waals surface area (Å²) in [6.45, 7) is -0.721. The van der Waals surface area contributed by atoms with E-state index >= 15 is 0 Å². The van der Waals surface area contributed by atoms with Crippen LogP contribution in [0.15, 0.2) is 12.1 Å². The fourth-order valence-corrected chi connectivity index (χ4v) is 1.10. The van der Waals surface area contributed by atoms with Gasteiger partial charge in [0.2, 0.25) is 0 Å². The lowest BCUT2D eigenvalue weighted by Crippen LogP contribution is -1.94. The third kappa shape index (κ3) is 1.85. The summed E-state index contributed by atoms with van der Waals surface area (Å²) in [6, 6.07) is 2.75. The minimum Gasteiger partial charge on any atom is -0.507 e. The van der Waals surface area contributed by atoms with Crippen LogP contribution in [0.4, 0.5) is 0 Å². The van der Waals surface area contributed by atoms with E-state index in [4.69, 9.17) is 10.2 Å². The lowest BCUT2D eigenvalue weighted by Gasteiger charge is -2.06. The number of hydrogen-bond donors (Lipinski definition) is 3. The topological polar surface area (TPSA) is 77.8 Å². The fourth-order valence-electron chi connectivity index (χ4n) is 1.10. The van der Waals surface area contributed by atoms with Gasteiger partial charge in [0.15, 0.2) is 0 Å². The second kappa shape index (κ2) is 4.02. The molecule has 0 saturated heterocycles. The number of carbonyl (C=O) groups is 1. The normalized spacial score (nSPS) is 10.0. The van der Waals surface area contributed by atoms with Gasteiger partial charge in [-0.25, -0.2) is 0 Å². The molecular weight excluding hydrogens is 172 g/mol. The van der Waals surface area contributed by atoms with Crippen molar-refractivity contribution in [3.8, 4) is 5.75 Å². The summed E-state index contributed by atoms with van der Waals surface area (Å²) in [7, 11) is 0. The Morgan fingerprint density at radius 1 is 1.15 bits per heavy atom. The van der Waals surface area contributed by atoms with E-state index in [1.165, 1.54) is 12.1 Å². The molecule has 0 amide bonds. The van der Waals surface area contributed by atoms with E-state index < -0.39 is 0 Å². The van der Waals surface area contributed by atoms with Crippen LogP contribution < -0.4 is 0 Å². The number of aliphatic hydroxyl groups is 2. The average Bonchev–Trinajstić information content (AvgIpc) is 2.18. The molecule has 4 nitrogen and oxygen atoms in total. The van der Waals surface area contributed by atoms with Crippen LogP contribution in [-0.2, 0) is 13.2 Å². The van der Waals surface area contributed by atoms with Gasteiger partial charge in [-0.15, -0.1) is 0 Å². The highest BCUT2D eigenvalue weighted by Gasteiger charge is 2.07. The number of hydrogen-bond acceptors (Lipinski definition) is 4. The lowest BCUT2D eigenvalue weighted by molar-refractivity contribution is 0.112. The molecule has 0 atom stereocenters. The van der Waals surface area contributed by atoms with Gasteiger partial charge in [0.05, 0.1) is 13.2 Å². The van der Waals surface area contributed by atoms with Gasteiger partial charge in [-0.3, -0.25) is 4.79 Å². The first-order chi connectivity index (χ1) is 6.22. The first-order valence-corrected chi connectivity index (χ1v) is 3.74. The Bertz CT molecular complexity index is 294. The Kier molecular flexibility index (Phi) is 3.00. The second-order valence-corrected chi connectivity index (χ2v) is 2.62. The first kappa shape index (κ1) is 9.70. The molecular formula is C9H10O4. The minimum atomic E-state index is -0.361. The third-order valence-corrected chi connectivity index (χ3v) is 1.77. The van der Waals surface area contributed by atoms with Gasteiger partial charge in [-0.1, -0.05) is 0 Å². The van der Waals surface area contributed by atoms with E-state index in [0.29, 0.717) is 11.8 Å². The zero-order chi connectivity index (χ0) is 9.84. The van der Waals surface area contributed by atoms with Gasteiger partial charge >= 0.3 is 0 Å². The molecule has 0 aliphatic rings. The lowest BCUT2D eigenvalue weighted by atomic mass is 10.1. The highest BCUT2D eigenvalue weighted by atomic mass is 16.3. The largest absolute Gasteiger partial charge is 0.507 e. The molecule has 3 N–H and O–H groups in total. The average molecular weight is 182 g/mol. The van der Waals surface area contributed by atoms with Crippen molar-refractivity contribution in [1.29, 1.82) is 0 Å². The Balaban J connectivity index is 3.28. The van der Waals surface area contributed by atoms with Crippen LogP contribution in [0.5, 0.6) is 5.75 Å². The molecule has 4 heteroatoms. The van der Waals surface area contributed by atoms with E-state index in [2.05, 4.69) is 0 Å². The quantitative estimate of drug-likeness (QED) is 0.583. The predicted molar refractivity (Wildman–Crippen MR) is 45.3 cm³/mol. The first-order valence-electron chi connectivity index (χ1n) is 3.74. The van der Waals surface area contributed by atoms with Crippen molar-refractivity contribution >= 4 is 6.29 Å². The standard InChI is InChI=1S/C9H10O4/c10-3-6-1-7(4-11)9(13)8(2-6)5-12/h1-3,11-13H,4-5H2. The number of benzene rings is 1. The van der Waals surface area contributed by atoms with Crippen LogP contribution >= 0.6 is 0 Å². The van der Waals surface area contributed by atoms with Crippen molar-refractivity contribution < 1.29 is 20.1 Å². The van der Waals surface area contributed by atoms with Crippen LogP contribution in [0, 0.1) is 0 Å². The summed E-state index contributed by atoms with van der Waals surface area (Å²) in [6.07, 6.45) is 0.595. The zero-order valence-corrected chi connectivity index (χ0v) is 6.90. The molecule has 0 radical (unpaired) electrons. The maximum absolute atomic E-state index is 10.4.